The van der Waals surface area contributed by atoms with Crippen LogP contribution in [0.3, 0.4) is 0 Å². The van der Waals surface area contributed by atoms with Crippen molar-refractivity contribution < 1.29 is 33.0 Å². The monoisotopic (exact) mass is 450 g/mol. The lowest BCUT2D eigenvalue weighted by molar-refractivity contribution is -0.120. The van der Waals surface area contributed by atoms with E-state index in [0.717, 1.165) is 12.1 Å². The van der Waals surface area contributed by atoms with Crippen LogP contribution in [-0.4, -0.2) is 53.8 Å². The van der Waals surface area contributed by atoms with Gasteiger partial charge in [-0.05, 0) is 30.5 Å². The van der Waals surface area contributed by atoms with Gasteiger partial charge in [0, 0.05) is 18.7 Å². The third-order valence-corrected chi connectivity index (χ3v) is 4.68. The third kappa shape index (κ3) is 6.68. The van der Waals surface area contributed by atoms with E-state index < -0.39 is 29.8 Å². The van der Waals surface area contributed by atoms with Crippen LogP contribution in [0.15, 0.2) is 43.5 Å². The molecule has 1 aromatic rings. The fourth-order valence-corrected chi connectivity index (χ4v) is 3.44. The number of ether oxygens (including phenoxy) is 2. The number of esters is 1. The van der Waals surface area contributed by atoms with E-state index in [0.29, 0.717) is 0 Å². The van der Waals surface area contributed by atoms with E-state index in [1.54, 1.807) is 0 Å². The highest BCUT2D eigenvalue weighted by Gasteiger charge is 2.41. The van der Waals surface area contributed by atoms with Gasteiger partial charge in [-0.15, -0.1) is 12.6 Å². The Morgan fingerprint density at radius 3 is 2.52 bits per heavy atom. The first-order chi connectivity index (χ1) is 14.8. The Morgan fingerprint density at radius 1 is 1.19 bits per heavy atom. The number of hydrogen-bond acceptors (Lipinski definition) is 6. The molecule has 8 nitrogen and oxygen atoms in total. The average molecular weight is 450 g/mol. The normalized spacial score (nSPS) is 17.5. The molecule has 0 aliphatic carbocycles. The quantitative estimate of drug-likeness (QED) is 0.341. The first-order valence-corrected chi connectivity index (χ1v) is 9.86. The zero-order chi connectivity index (χ0) is 23.0. The molecule has 1 heterocycles. The van der Waals surface area contributed by atoms with Gasteiger partial charge in [-0.3, -0.25) is 14.5 Å². The summed E-state index contributed by atoms with van der Waals surface area (Å²) in [7, 11) is 0. The molecule has 1 fully saturated rings. The van der Waals surface area contributed by atoms with E-state index in [2.05, 4.69) is 31.1 Å². The maximum absolute atomic E-state index is 14.0. The Balaban J connectivity index is 2.18. The van der Waals surface area contributed by atoms with Gasteiger partial charge < -0.3 is 14.8 Å². The molecule has 2 atom stereocenters. The van der Waals surface area contributed by atoms with Gasteiger partial charge in [0.1, 0.15) is 25.1 Å². The molecule has 0 bridgehead atoms. The van der Waals surface area contributed by atoms with E-state index >= 15 is 0 Å². The van der Waals surface area contributed by atoms with E-state index in [-0.39, 0.29) is 54.9 Å². The molecular formula is C21H23FN2O6S. The van der Waals surface area contributed by atoms with Crippen LogP contribution in [0.25, 0.3) is 0 Å². The van der Waals surface area contributed by atoms with E-state index in [1.165, 1.54) is 23.1 Å². The van der Waals surface area contributed by atoms with E-state index in [4.69, 9.17) is 9.47 Å². The summed E-state index contributed by atoms with van der Waals surface area (Å²) in [5.74, 6) is -2.55. The van der Waals surface area contributed by atoms with Gasteiger partial charge in [0.2, 0.25) is 5.91 Å². The highest BCUT2D eigenvalue weighted by molar-refractivity contribution is 7.96. The van der Waals surface area contributed by atoms with Gasteiger partial charge in [-0.1, -0.05) is 25.3 Å². The van der Waals surface area contributed by atoms with Crippen LogP contribution in [0.1, 0.15) is 23.2 Å². The fraction of sp³-hybridized carbons (Fsp3) is 0.333. The van der Waals surface area contributed by atoms with Crippen LogP contribution < -0.4 is 5.32 Å². The Morgan fingerprint density at radius 2 is 1.87 bits per heavy atom. The lowest BCUT2D eigenvalue weighted by atomic mass is 10.0. The lowest BCUT2D eigenvalue weighted by Gasteiger charge is -2.23. The molecule has 1 aliphatic rings. The second kappa shape index (κ2) is 11.3. The molecule has 1 N–H and O–H groups in total. The number of nitrogens with zero attached hydrogens (tertiary/aromatic N) is 1. The molecule has 166 valence electrons. The number of halogens is 1. The Hall–Kier alpha value is -3.14. The molecule has 31 heavy (non-hydrogen) atoms. The summed E-state index contributed by atoms with van der Waals surface area (Å²) in [6, 6.07) is 2.52. The van der Waals surface area contributed by atoms with Crippen LogP contribution in [0, 0.1) is 11.7 Å². The summed E-state index contributed by atoms with van der Waals surface area (Å²) in [6.07, 6.45) is 2.32. The number of anilines is 1. The summed E-state index contributed by atoms with van der Waals surface area (Å²) in [6.45, 7) is 6.89. The SMILES string of the molecule is C=CCOC(=O)c1cc(NC(=O)[C@@H]2C[C@@H](CC(=O)S)CN2C(=O)OCC=C)ccc1F. The van der Waals surface area contributed by atoms with Gasteiger partial charge in [0.05, 0.1) is 5.56 Å². The van der Waals surface area contributed by atoms with Crippen LogP contribution in [-0.2, 0) is 19.1 Å². The maximum atomic E-state index is 14.0. The minimum absolute atomic E-state index is 0.0338. The molecular weight excluding hydrogens is 427 g/mol. The number of carbonyl (C=O) groups excluding carboxylic acids is 4. The van der Waals surface area contributed by atoms with Crippen molar-refractivity contribution >= 4 is 41.4 Å². The summed E-state index contributed by atoms with van der Waals surface area (Å²) in [5, 5.41) is 2.22. The molecule has 0 aromatic heterocycles. The molecule has 0 radical (unpaired) electrons. The molecule has 1 aliphatic heterocycles. The van der Waals surface area contributed by atoms with Crippen LogP contribution in [0.4, 0.5) is 14.9 Å². The molecule has 2 rings (SSSR count). The summed E-state index contributed by atoms with van der Waals surface area (Å²) in [4.78, 5) is 49.8. The molecule has 10 heteroatoms. The van der Waals surface area contributed by atoms with Crippen molar-refractivity contribution in [3.05, 3.63) is 54.9 Å². The standard InChI is InChI=1S/C21H23FN2O6S/c1-3-7-29-20(27)15-11-14(5-6-16(15)22)23-19(26)17-9-13(10-18(25)31)12-24(17)21(28)30-8-4-2/h3-6,11,13,17H,1-2,7-10,12H2,(H,23,26)(H,25,31)/t13-,17-/m0/s1. The fourth-order valence-electron chi connectivity index (χ4n) is 3.18. The number of likely N-dealkylation sites (tertiary alicyclic amines) is 1. The minimum Gasteiger partial charge on any atom is -0.458 e. The van der Waals surface area contributed by atoms with Gasteiger partial charge in [-0.25, -0.2) is 14.0 Å². The number of benzene rings is 1. The second-order valence-electron chi connectivity index (χ2n) is 6.80. The maximum Gasteiger partial charge on any atom is 0.410 e. The molecule has 1 aromatic carbocycles. The second-order valence-corrected chi connectivity index (χ2v) is 7.30. The van der Waals surface area contributed by atoms with E-state index in [9.17, 15) is 23.6 Å². The predicted octanol–water partition coefficient (Wildman–Crippen LogP) is 2.97. The summed E-state index contributed by atoms with van der Waals surface area (Å²) in [5.41, 5.74) is -0.211. The molecule has 0 unspecified atom stereocenters. The smallest absolute Gasteiger partial charge is 0.410 e. The van der Waals surface area contributed by atoms with Gasteiger partial charge in [-0.2, -0.15) is 0 Å². The van der Waals surface area contributed by atoms with Crippen LogP contribution >= 0.6 is 12.6 Å². The van der Waals surface area contributed by atoms with Gasteiger partial charge in [0.15, 0.2) is 5.12 Å². The Labute approximate surface area is 184 Å². The number of thiol groups is 1. The third-order valence-electron chi connectivity index (χ3n) is 4.50. The number of amides is 2. The van der Waals surface area contributed by atoms with Crippen LogP contribution in [0.2, 0.25) is 0 Å². The highest BCUT2D eigenvalue weighted by atomic mass is 32.1. The molecule has 1 saturated heterocycles. The van der Waals surface area contributed by atoms with E-state index in [1.807, 2.05) is 0 Å². The van der Waals surface area contributed by atoms with Crippen molar-refractivity contribution in [2.24, 2.45) is 5.92 Å². The molecule has 0 spiro atoms. The average Bonchev–Trinajstić information content (AvgIpc) is 3.14. The predicted molar refractivity (Wildman–Crippen MR) is 114 cm³/mol. The molecule has 2 amide bonds. The number of carbonyl (C=O) groups is 4. The minimum atomic E-state index is -0.920. The van der Waals surface area contributed by atoms with Crippen LogP contribution in [0.5, 0.6) is 0 Å². The molecule has 0 saturated carbocycles. The van der Waals surface area contributed by atoms with Gasteiger partial charge in [0.25, 0.3) is 0 Å². The Kier molecular flexibility index (Phi) is 8.80. The number of nitrogens with one attached hydrogen (secondary N) is 1. The van der Waals surface area contributed by atoms with Crippen molar-refractivity contribution in [1.82, 2.24) is 4.90 Å². The number of rotatable bonds is 9. The van der Waals surface area contributed by atoms with Crippen molar-refractivity contribution in [1.29, 1.82) is 0 Å². The largest absolute Gasteiger partial charge is 0.458 e. The zero-order valence-electron chi connectivity index (χ0n) is 16.7. The van der Waals surface area contributed by atoms with Crippen molar-refractivity contribution in [2.45, 2.75) is 18.9 Å². The first-order valence-electron chi connectivity index (χ1n) is 9.41. The zero-order valence-corrected chi connectivity index (χ0v) is 17.6. The lowest BCUT2D eigenvalue weighted by Crippen LogP contribution is -2.43. The topological polar surface area (TPSA) is 102 Å². The first kappa shape index (κ1) is 24.1. The summed E-state index contributed by atoms with van der Waals surface area (Å²) >= 11 is 3.76. The summed E-state index contributed by atoms with van der Waals surface area (Å²) < 4.78 is 23.8. The Bertz CT molecular complexity index is 891. The highest BCUT2D eigenvalue weighted by Crippen LogP contribution is 2.28. The number of hydrogen-bond donors (Lipinski definition) is 2. The van der Waals surface area contributed by atoms with Crippen molar-refractivity contribution in [2.75, 3.05) is 25.1 Å². The van der Waals surface area contributed by atoms with Crippen molar-refractivity contribution in [3.8, 4) is 0 Å². The van der Waals surface area contributed by atoms with Crippen molar-refractivity contribution in [3.63, 3.8) is 0 Å². The van der Waals surface area contributed by atoms with Gasteiger partial charge >= 0.3 is 12.1 Å².